The Bertz CT molecular complexity index is 561. The molecule has 0 bridgehead atoms. The van der Waals surface area contributed by atoms with Gasteiger partial charge in [0.2, 0.25) is 0 Å². The van der Waals surface area contributed by atoms with Gasteiger partial charge in [-0.1, -0.05) is 41.6 Å². The molecule has 5 nitrogen and oxygen atoms in total. The number of allylic oxidation sites excluding steroid dienone is 1. The van der Waals surface area contributed by atoms with Crippen LogP contribution >= 0.6 is 0 Å². The van der Waals surface area contributed by atoms with Gasteiger partial charge in [0.1, 0.15) is 0 Å². The summed E-state index contributed by atoms with van der Waals surface area (Å²) in [6, 6.07) is 10.0. The number of rotatable bonds is 6. The Kier molecular flexibility index (Phi) is 4.44. The first-order chi connectivity index (χ1) is 9.24. The number of benzene rings is 1. The molecule has 5 heteroatoms. The van der Waals surface area contributed by atoms with Crippen LogP contribution in [0.4, 0.5) is 0 Å². The summed E-state index contributed by atoms with van der Waals surface area (Å²) in [4.78, 5) is 10.3. The molecule has 1 aromatic heterocycles. The summed E-state index contributed by atoms with van der Waals surface area (Å²) in [5.74, 6) is -0.923. The molecule has 1 heterocycles. The molecule has 0 aliphatic carbocycles. The number of carboxylic acids is 1. The minimum atomic E-state index is -0.923. The first kappa shape index (κ1) is 13.0. The van der Waals surface area contributed by atoms with E-state index in [-0.39, 0.29) is 0 Å². The van der Waals surface area contributed by atoms with Gasteiger partial charge in [0, 0.05) is 12.3 Å². The van der Waals surface area contributed by atoms with Crippen molar-refractivity contribution in [2.45, 2.75) is 19.4 Å². The maximum atomic E-state index is 10.3. The topological polar surface area (TPSA) is 68.0 Å². The van der Waals surface area contributed by atoms with Gasteiger partial charge in [0.25, 0.3) is 0 Å². The molecule has 2 aromatic rings. The lowest BCUT2D eigenvalue weighted by atomic mass is 10.2. The fourth-order valence-electron chi connectivity index (χ4n) is 1.72. The third-order valence-corrected chi connectivity index (χ3v) is 2.60. The van der Waals surface area contributed by atoms with Crippen molar-refractivity contribution in [3.05, 3.63) is 59.9 Å². The molecule has 1 N–H and O–H groups in total. The predicted molar refractivity (Wildman–Crippen MR) is 70.7 cm³/mol. The SMILES string of the molecule is O=C(O)C=CCCc1cn(Cc2ccccc2)nn1. The largest absolute Gasteiger partial charge is 0.478 e. The van der Waals surface area contributed by atoms with Crippen LogP contribution in [-0.4, -0.2) is 26.1 Å². The molecule has 0 amide bonds. The van der Waals surface area contributed by atoms with Crippen molar-refractivity contribution in [2.24, 2.45) is 0 Å². The normalized spacial score (nSPS) is 10.9. The fraction of sp³-hybridized carbons (Fsp3) is 0.214. The van der Waals surface area contributed by atoms with Gasteiger partial charge in [0.05, 0.1) is 12.2 Å². The Morgan fingerprint density at radius 3 is 2.84 bits per heavy atom. The second kappa shape index (κ2) is 6.49. The number of hydrogen-bond acceptors (Lipinski definition) is 3. The highest BCUT2D eigenvalue weighted by Crippen LogP contribution is 2.03. The fourth-order valence-corrected chi connectivity index (χ4v) is 1.72. The van der Waals surface area contributed by atoms with E-state index in [2.05, 4.69) is 10.3 Å². The molecular formula is C14H15N3O2. The minimum absolute atomic E-state index is 0.649. The van der Waals surface area contributed by atoms with E-state index >= 15 is 0 Å². The molecule has 98 valence electrons. The van der Waals surface area contributed by atoms with E-state index in [1.165, 1.54) is 5.56 Å². The van der Waals surface area contributed by atoms with E-state index in [9.17, 15) is 4.79 Å². The number of hydrogen-bond donors (Lipinski definition) is 1. The van der Waals surface area contributed by atoms with Gasteiger partial charge in [-0.2, -0.15) is 0 Å². The molecule has 0 spiro atoms. The van der Waals surface area contributed by atoms with Gasteiger partial charge in [-0.05, 0) is 18.4 Å². The van der Waals surface area contributed by atoms with Crippen LogP contribution in [0.3, 0.4) is 0 Å². The van der Waals surface area contributed by atoms with E-state index in [0.29, 0.717) is 19.4 Å². The monoisotopic (exact) mass is 257 g/mol. The molecule has 1 aromatic carbocycles. The van der Waals surface area contributed by atoms with Crippen LogP contribution in [0.5, 0.6) is 0 Å². The van der Waals surface area contributed by atoms with Crippen molar-refractivity contribution in [2.75, 3.05) is 0 Å². The van der Waals surface area contributed by atoms with Crippen LogP contribution in [0, 0.1) is 0 Å². The maximum absolute atomic E-state index is 10.3. The Hall–Kier alpha value is -2.43. The van der Waals surface area contributed by atoms with Crippen LogP contribution in [0.1, 0.15) is 17.7 Å². The van der Waals surface area contributed by atoms with Crippen molar-refractivity contribution in [3.63, 3.8) is 0 Å². The third-order valence-electron chi connectivity index (χ3n) is 2.60. The second-order valence-corrected chi connectivity index (χ2v) is 4.17. The zero-order valence-corrected chi connectivity index (χ0v) is 10.4. The number of aryl methyl sites for hydroxylation is 1. The van der Waals surface area contributed by atoms with Crippen LogP contribution in [0.15, 0.2) is 48.7 Å². The molecular weight excluding hydrogens is 242 g/mol. The molecule has 0 atom stereocenters. The Morgan fingerprint density at radius 1 is 1.32 bits per heavy atom. The number of aromatic nitrogens is 3. The molecule has 19 heavy (non-hydrogen) atoms. The average molecular weight is 257 g/mol. The molecule has 0 saturated carbocycles. The Labute approximate surface area is 111 Å². The molecule has 0 saturated heterocycles. The Morgan fingerprint density at radius 2 is 2.11 bits per heavy atom. The van der Waals surface area contributed by atoms with Gasteiger partial charge in [-0.15, -0.1) is 5.10 Å². The van der Waals surface area contributed by atoms with E-state index < -0.39 is 5.97 Å². The van der Waals surface area contributed by atoms with E-state index in [1.54, 1.807) is 10.8 Å². The number of aliphatic carboxylic acids is 1. The molecule has 0 aliphatic rings. The van der Waals surface area contributed by atoms with Crippen molar-refractivity contribution >= 4 is 5.97 Å². The highest BCUT2D eigenvalue weighted by molar-refractivity contribution is 5.79. The third kappa shape index (κ3) is 4.39. The van der Waals surface area contributed by atoms with Gasteiger partial charge in [-0.3, -0.25) is 0 Å². The van der Waals surface area contributed by atoms with Crippen molar-refractivity contribution in [3.8, 4) is 0 Å². The summed E-state index contributed by atoms with van der Waals surface area (Å²) >= 11 is 0. The van der Waals surface area contributed by atoms with E-state index in [0.717, 1.165) is 11.8 Å². The van der Waals surface area contributed by atoms with Crippen LogP contribution in [-0.2, 0) is 17.8 Å². The first-order valence-corrected chi connectivity index (χ1v) is 6.06. The quantitative estimate of drug-likeness (QED) is 0.802. The number of nitrogens with zero attached hydrogens (tertiary/aromatic N) is 3. The van der Waals surface area contributed by atoms with Crippen molar-refractivity contribution in [1.29, 1.82) is 0 Å². The first-order valence-electron chi connectivity index (χ1n) is 6.06. The van der Waals surface area contributed by atoms with Gasteiger partial charge in [-0.25, -0.2) is 9.48 Å². The van der Waals surface area contributed by atoms with Gasteiger partial charge >= 0.3 is 5.97 Å². The van der Waals surface area contributed by atoms with Gasteiger partial charge < -0.3 is 5.11 Å². The smallest absolute Gasteiger partial charge is 0.327 e. The van der Waals surface area contributed by atoms with Crippen molar-refractivity contribution in [1.82, 2.24) is 15.0 Å². The summed E-state index contributed by atoms with van der Waals surface area (Å²) in [7, 11) is 0. The summed E-state index contributed by atoms with van der Waals surface area (Å²) in [6.45, 7) is 0.693. The molecule has 0 radical (unpaired) electrons. The highest BCUT2D eigenvalue weighted by atomic mass is 16.4. The highest BCUT2D eigenvalue weighted by Gasteiger charge is 2.00. The predicted octanol–water partition coefficient (Wildman–Crippen LogP) is 1.90. The average Bonchev–Trinajstić information content (AvgIpc) is 2.83. The van der Waals surface area contributed by atoms with Gasteiger partial charge in [0.15, 0.2) is 0 Å². The summed E-state index contributed by atoms with van der Waals surface area (Å²) < 4.78 is 1.78. The lowest BCUT2D eigenvalue weighted by Crippen LogP contribution is -1.99. The lowest BCUT2D eigenvalue weighted by Gasteiger charge is -1.99. The zero-order valence-electron chi connectivity index (χ0n) is 10.4. The molecule has 0 fully saturated rings. The summed E-state index contributed by atoms with van der Waals surface area (Å²) in [6.07, 6.45) is 6.00. The summed E-state index contributed by atoms with van der Waals surface area (Å²) in [5.41, 5.74) is 2.04. The number of carbonyl (C=O) groups is 1. The molecule has 2 rings (SSSR count). The minimum Gasteiger partial charge on any atom is -0.478 e. The number of carboxylic acid groups (broad SMARTS) is 1. The van der Waals surface area contributed by atoms with Crippen LogP contribution in [0.2, 0.25) is 0 Å². The standard InChI is InChI=1S/C14H15N3O2/c18-14(19)9-5-4-8-13-11-17(16-15-13)10-12-6-2-1-3-7-12/h1-3,5-7,9,11H,4,8,10H2,(H,18,19). The lowest BCUT2D eigenvalue weighted by molar-refractivity contribution is -0.131. The molecule has 0 aliphatic heterocycles. The Balaban J connectivity index is 1.87. The van der Waals surface area contributed by atoms with Crippen LogP contribution in [0.25, 0.3) is 0 Å². The van der Waals surface area contributed by atoms with E-state index in [1.807, 2.05) is 36.5 Å². The maximum Gasteiger partial charge on any atom is 0.327 e. The van der Waals surface area contributed by atoms with E-state index in [4.69, 9.17) is 5.11 Å². The second-order valence-electron chi connectivity index (χ2n) is 4.17. The zero-order chi connectivity index (χ0) is 13.5. The van der Waals surface area contributed by atoms with Crippen molar-refractivity contribution < 1.29 is 9.90 Å². The summed E-state index contributed by atoms with van der Waals surface area (Å²) in [5, 5.41) is 16.6. The van der Waals surface area contributed by atoms with Crippen LogP contribution < -0.4 is 0 Å². The molecule has 0 unspecified atom stereocenters.